The van der Waals surface area contributed by atoms with Gasteiger partial charge in [-0.2, -0.15) is 0 Å². The fourth-order valence-corrected chi connectivity index (χ4v) is 4.64. The van der Waals surface area contributed by atoms with Crippen LogP contribution in [0.5, 0.6) is 0 Å². The van der Waals surface area contributed by atoms with Crippen molar-refractivity contribution in [2.45, 2.75) is 83.1 Å². The van der Waals surface area contributed by atoms with Crippen molar-refractivity contribution in [3.63, 3.8) is 0 Å². The van der Waals surface area contributed by atoms with Gasteiger partial charge in [-0.15, -0.1) is 0 Å². The van der Waals surface area contributed by atoms with Crippen molar-refractivity contribution in [2.75, 3.05) is 13.2 Å². The third kappa shape index (κ3) is 7.35. The first kappa shape index (κ1) is 24.8. The number of alkyl carbamates (subject to hydrolysis) is 1. The number of benzene rings is 2. The topological polar surface area (TPSA) is 42.7 Å². The molecule has 1 aliphatic rings. The second kappa shape index (κ2) is 12.4. The number of carbonyl (C=O) groups is 1. The zero-order valence-corrected chi connectivity index (χ0v) is 20.2. The first-order chi connectivity index (χ1) is 16.0. The fraction of sp³-hybridized carbons (Fsp3) is 0.517. The Morgan fingerprint density at radius 3 is 1.97 bits per heavy atom. The highest BCUT2D eigenvalue weighted by molar-refractivity contribution is 5.79. The molecule has 0 saturated heterocycles. The van der Waals surface area contributed by atoms with Crippen molar-refractivity contribution in [3.8, 4) is 11.1 Å². The number of nitrogens with zero attached hydrogens (tertiary/aromatic N) is 1. The lowest BCUT2D eigenvalue weighted by molar-refractivity contribution is 0.143. The molecule has 1 N–H and O–H groups in total. The number of fused-ring (bicyclic) bond motifs is 3. The van der Waals surface area contributed by atoms with Gasteiger partial charge in [0.2, 0.25) is 5.54 Å². The van der Waals surface area contributed by atoms with Crippen LogP contribution in [0.2, 0.25) is 0 Å². The van der Waals surface area contributed by atoms with Crippen molar-refractivity contribution in [2.24, 2.45) is 0 Å². The van der Waals surface area contributed by atoms with Gasteiger partial charge in [0.25, 0.3) is 0 Å². The Morgan fingerprint density at radius 2 is 1.39 bits per heavy atom. The maximum atomic E-state index is 12.2. The molecule has 1 aliphatic carbocycles. The first-order valence-electron chi connectivity index (χ1n) is 12.5. The van der Waals surface area contributed by atoms with Crippen LogP contribution in [0.1, 0.15) is 88.7 Å². The highest BCUT2D eigenvalue weighted by atomic mass is 16.5. The van der Waals surface area contributed by atoms with E-state index in [1.807, 2.05) is 26.0 Å². The minimum atomic E-state index is -0.320. The highest BCUT2D eigenvalue weighted by Gasteiger charge is 2.28. The lowest BCUT2D eigenvalue weighted by Gasteiger charge is -2.14. The number of amides is 1. The molecule has 0 unspecified atom stereocenters. The van der Waals surface area contributed by atoms with Gasteiger partial charge in [-0.3, -0.25) is 0 Å². The molecule has 0 fully saturated rings. The molecule has 2 aromatic rings. The number of nitrogens with one attached hydrogen (secondary N) is 1. The lowest BCUT2D eigenvalue weighted by Crippen LogP contribution is -2.27. The predicted octanol–water partition coefficient (Wildman–Crippen LogP) is 7.73. The van der Waals surface area contributed by atoms with Gasteiger partial charge in [0.05, 0.1) is 0 Å². The van der Waals surface area contributed by atoms with Gasteiger partial charge < -0.3 is 14.9 Å². The molecule has 0 aliphatic heterocycles. The summed E-state index contributed by atoms with van der Waals surface area (Å²) in [4.78, 5) is 15.9. The number of ether oxygens (including phenoxy) is 1. The summed E-state index contributed by atoms with van der Waals surface area (Å²) in [6.07, 6.45) is 10.2. The molecule has 0 atom stereocenters. The van der Waals surface area contributed by atoms with Gasteiger partial charge in [-0.1, -0.05) is 87.1 Å². The first-order valence-corrected chi connectivity index (χ1v) is 12.5. The van der Waals surface area contributed by atoms with Crippen molar-refractivity contribution in [1.29, 1.82) is 0 Å². The van der Waals surface area contributed by atoms with Gasteiger partial charge >= 0.3 is 6.09 Å². The van der Waals surface area contributed by atoms with Crippen LogP contribution < -0.4 is 5.32 Å². The Labute approximate surface area is 199 Å². The van der Waals surface area contributed by atoms with Gasteiger partial charge in [-0.05, 0) is 35.1 Å². The summed E-state index contributed by atoms with van der Waals surface area (Å²) in [5.74, 6) is 0.107. The van der Waals surface area contributed by atoms with Crippen LogP contribution in [0.25, 0.3) is 16.0 Å². The summed E-state index contributed by atoms with van der Waals surface area (Å²) in [6, 6.07) is 16.8. The average molecular weight is 447 g/mol. The van der Waals surface area contributed by atoms with Crippen molar-refractivity contribution in [1.82, 2.24) is 5.32 Å². The van der Waals surface area contributed by atoms with E-state index in [0.717, 1.165) is 25.7 Å². The number of carbonyl (C=O) groups excluding carboxylic acids is 1. The molecule has 1 amide bonds. The Balaban J connectivity index is 1.24. The molecule has 4 nitrogen and oxygen atoms in total. The number of rotatable bonds is 13. The molecule has 0 bridgehead atoms. The van der Waals surface area contributed by atoms with Crippen molar-refractivity contribution < 1.29 is 9.53 Å². The van der Waals surface area contributed by atoms with Crippen molar-refractivity contribution >= 4 is 6.09 Å². The van der Waals surface area contributed by atoms with E-state index < -0.39 is 0 Å². The second-order valence-corrected chi connectivity index (χ2v) is 9.75. The fourth-order valence-electron chi connectivity index (χ4n) is 4.64. The molecular formula is C29H38N2O2. The number of hydrogen-bond donors (Lipinski definition) is 1. The molecule has 0 spiro atoms. The molecule has 0 aromatic heterocycles. The van der Waals surface area contributed by atoms with E-state index in [2.05, 4.69) is 46.6 Å². The normalized spacial score (nSPS) is 12.6. The van der Waals surface area contributed by atoms with Gasteiger partial charge in [-0.25, -0.2) is 11.4 Å². The number of hydrogen-bond acceptors (Lipinski definition) is 2. The molecule has 0 heterocycles. The summed E-state index contributed by atoms with van der Waals surface area (Å²) >= 11 is 0. The smallest absolute Gasteiger partial charge is 0.407 e. The largest absolute Gasteiger partial charge is 0.449 e. The summed E-state index contributed by atoms with van der Waals surface area (Å²) < 4.78 is 5.59. The Hall–Kier alpha value is -2.80. The predicted molar refractivity (Wildman–Crippen MR) is 135 cm³/mol. The van der Waals surface area contributed by atoms with E-state index in [0.29, 0.717) is 13.2 Å². The average Bonchev–Trinajstić information content (AvgIpc) is 3.15. The second-order valence-electron chi connectivity index (χ2n) is 9.75. The molecule has 0 radical (unpaired) electrons. The third-order valence-corrected chi connectivity index (χ3v) is 6.63. The third-order valence-electron chi connectivity index (χ3n) is 6.63. The molecule has 0 saturated carbocycles. The van der Waals surface area contributed by atoms with E-state index >= 15 is 0 Å². The Morgan fingerprint density at radius 1 is 0.879 bits per heavy atom. The van der Waals surface area contributed by atoms with E-state index in [9.17, 15) is 4.79 Å². The molecule has 3 rings (SSSR count). The van der Waals surface area contributed by atoms with Crippen LogP contribution in [0.4, 0.5) is 4.79 Å². The highest BCUT2D eigenvalue weighted by Crippen LogP contribution is 2.44. The van der Waals surface area contributed by atoms with Crippen LogP contribution in [0, 0.1) is 6.57 Å². The Bertz CT molecular complexity index is 899. The zero-order chi connectivity index (χ0) is 23.5. The summed E-state index contributed by atoms with van der Waals surface area (Å²) in [7, 11) is 0. The quantitative estimate of drug-likeness (QED) is 0.253. The molecule has 4 heteroatoms. The molecular weight excluding hydrogens is 408 g/mol. The standard InChI is InChI=1S/C29H38N2O2/c1-29(2,30-3)20-14-8-6-4-5-7-9-15-21-31-28(32)33-22-27-25-18-12-10-16-23(25)24-17-11-13-19-26(24)27/h10-13,16-19,27H,4-9,14-15,20-22H2,1-2H3,(H,31,32). The van der Waals surface area contributed by atoms with Crippen LogP contribution in [-0.4, -0.2) is 24.8 Å². The zero-order valence-electron chi connectivity index (χ0n) is 20.2. The SMILES string of the molecule is [C-]#[N+]C(C)(C)CCCCCCCCCCNC(=O)OCC1c2ccccc2-c2ccccc21. The van der Waals surface area contributed by atoms with Crippen LogP contribution in [0.15, 0.2) is 48.5 Å². The van der Waals surface area contributed by atoms with Gasteiger partial charge in [0.1, 0.15) is 6.61 Å². The minimum absolute atomic E-state index is 0.107. The monoisotopic (exact) mass is 446 g/mol. The summed E-state index contributed by atoms with van der Waals surface area (Å²) in [5, 5.41) is 2.91. The number of unbranched alkanes of at least 4 members (excludes halogenated alkanes) is 7. The maximum Gasteiger partial charge on any atom is 0.407 e. The van der Waals surface area contributed by atoms with Crippen LogP contribution in [-0.2, 0) is 4.74 Å². The van der Waals surface area contributed by atoms with E-state index in [1.54, 1.807) is 0 Å². The molecule has 176 valence electrons. The van der Waals surface area contributed by atoms with Gasteiger partial charge in [0.15, 0.2) is 0 Å². The lowest BCUT2D eigenvalue weighted by atomic mass is 9.97. The summed E-state index contributed by atoms with van der Waals surface area (Å²) in [5.41, 5.74) is 4.77. The van der Waals surface area contributed by atoms with Gasteiger partial charge in [0, 0.05) is 32.7 Å². The summed E-state index contributed by atoms with van der Waals surface area (Å²) in [6.45, 7) is 12.3. The Kier molecular flexibility index (Phi) is 9.36. The van der Waals surface area contributed by atoms with E-state index in [1.165, 1.54) is 54.4 Å². The molecule has 33 heavy (non-hydrogen) atoms. The van der Waals surface area contributed by atoms with E-state index in [-0.39, 0.29) is 17.6 Å². The van der Waals surface area contributed by atoms with Crippen molar-refractivity contribution in [3.05, 3.63) is 71.1 Å². The molecule has 2 aromatic carbocycles. The van der Waals surface area contributed by atoms with Crippen LogP contribution >= 0.6 is 0 Å². The minimum Gasteiger partial charge on any atom is -0.449 e. The van der Waals surface area contributed by atoms with Crippen LogP contribution in [0.3, 0.4) is 0 Å². The van der Waals surface area contributed by atoms with E-state index in [4.69, 9.17) is 11.3 Å². The maximum absolute atomic E-state index is 12.2.